The van der Waals surface area contributed by atoms with E-state index in [1.807, 2.05) is 6.92 Å². The number of carbonyl (C=O) groups is 6. The van der Waals surface area contributed by atoms with Crippen LogP contribution in [0.4, 0.5) is 0 Å². The van der Waals surface area contributed by atoms with Crippen LogP contribution in [0.15, 0.2) is 0 Å². The highest BCUT2D eigenvalue weighted by Gasteiger charge is 2.43. The molecule has 19 heteroatoms. The number of phosphoric acid groups is 1. The van der Waals surface area contributed by atoms with Gasteiger partial charge in [0.1, 0.15) is 12.4 Å². The molecule has 0 aromatic carbocycles. The van der Waals surface area contributed by atoms with Crippen LogP contribution in [-0.2, 0) is 51.9 Å². The number of carboxylic acid groups (broad SMARTS) is 3. The van der Waals surface area contributed by atoms with Gasteiger partial charge in [-0.3, -0.25) is 47.6 Å². The number of hydrogen-bond donors (Lipinski definition) is 4. The van der Waals surface area contributed by atoms with Gasteiger partial charge in [0.15, 0.2) is 6.10 Å². The Balaban J connectivity index is 2.67. The first-order valence-electron chi connectivity index (χ1n) is 29.4. The SMILES string of the molecule is CCCCCCCCCCCCCCCC(=O)OCC(COP(=O)(O)OCCCC(=O)CCCCC1(N(CC(=O)O)CC(=O)O)CN(CC)CCN(CC(=O)O)C1)OC(=O)CCCCCCCCCCCCCCC. The lowest BCUT2D eigenvalue weighted by molar-refractivity contribution is -0.161. The molecule has 1 heterocycles. The second kappa shape index (κ2) is 44.9. The molecule has 0 spiro atoms. The molecular weight excluding hydrogens is 986 g/mol. The highest BCUT2D eigenvalue weighted by Crippen LogP contribution is 2.43. The number of ether oxygens (including phenoxy) is 2. The summed E-state index contributed by atoms with van der Waals surface area (Å²) in [5.41, 5.74) is -1.02. The van der Waals surface area contributed by atoms with Crippen molar-refractivity contribution in [2.75, 3.05) is 72.2 Å². The van der Waals surface area contributed by atoms with Crippen molar-refractivity contribution in [3.8, 4) is 0 Å². The van der Waals surface area contributed by atoms with Crippen LogP contribution in [0.5, 0.6) is 0 Å². The molecule has 1 fully saturated rings. The van der Waals surface area contributed by atoms with E-state index < -0.39 is 69.0 Å². The Morgan fingerprint density at radius 3 is 1.41 bits per heavy atom. The molecule has 1 aliphatic heterocycles. The number of hydrogen-bond acceptors (Lipinski definition) is 14. The molecule has 1 saturated heterocycles. The minimum absolute atomic E-state index is 0.0277. The molecule has 0 amide bonds. The van der Waals surface area contributed by atoms with Gasteiger partial charge in [-0.05, 0) is 38.6 Å². The van der Waals surface area contributed by atoms with Crippen molar-refractivity contribution in [3.63, 3.8) is 0 Å². The summed E-state index contributed by atoms with van der Waals surface area (Å²) in [5.74, 6) is -4.58. The summed E-state index contributed by atoms with van der Waals surface area (Å²) >= 11 is 0. The van der Waals surface area contributed by atoms with E-state index in [-0.39, 0.29) is 64.2 Å². The first-order chi connectivity index (χ1) is 36.0. The summed E-state index contributed by atoms with van der Waals surface area (Å²) in [5, 5.41) is 29.1. The van der Waals surface area contributed by atoms with Crippen LogP contribution in [0.2, 0.25) is 0 Å². The zero-order valence-corrected chi connectivity index (χ0v) is 47.9. The van der Waals surface area contributed by atoms with Gasteiger partial charge in [0.25, 0.3) is 0 Å². The molecule has 75 heavy (non-hydrogen) atoms. The number of unbranched alkanes of at least 4 members (excludes halogenated alkanes) is 25. The minimum atomic E-state index is -4.67. The van der Waals surface area contributed by atoms with Crippen LogP contribution in [0, 0.1) is 0 Å². The predicted octanol–water partition coefficient (Wildman–Crippen LogP) is 11.4. The molecule has 0 radical (unpaired) electrons. The van der Waals surface area contributed by atoms with E-state index in [4.69, 9.17) is 18.5 Å². The zero-order chi connectivity index (χ0) is 55.4. The first kappa shape index (κ1) is 70.0. The van der Waals surface area contributed by atoms with Crippen molar-refractivity contribution >= 4 is 43.5 Å². The summed E-state index contributed by atoms with van der Waals surface area (Å²) in [6.07, 6.45) is 31.1. The van der Waals surface area contributed by atoms with Gasteiger partial charge in [-0.1, -0.05) is 181 Å². The van der Waals surface area contributed by atoms with E-state index in [1.165, 1.54) is 120 Å². The third-order valence-corrected chi connectivity index (χ3v) is 15.2. The summed E-state index contributed by atoms with van der Waals surface area (Å²) in [6.45, 7) is 5.79. The average molecular weight is 1090 g/mol. The fourth-order valence-corrected chi connectivity index (χ4v) is 10.7. The topological polar surface area (TPSA) is 247 Å². The van der Waals surface area contributed by atoms with Crippen molar-refractivity contribution in [2.24, 2.45) is 0 Å². The van der Waals surface area contributed by atoms with Crippen LogP contribution < -0.4 is 0 Å². The minimum Gasteiger partial charge on any atom is -0.480 e. The van der Waals surface area contributed by atoms with E-state index in [2.05, 4.69) is 18.7 Å². The van der Waals surface area contributed by atoms with Gasteiger partial charge in [-0.2, -0.15) is 0 Å². The highest BCUT2D eigenvalue weighted by molar-refractivity contribution is 7.47. The maximum absolute atomic E-state index is 12.9. The summed E-state index contributed by atoms with van der Waals surface area (Å²) in [6, 6.07) is 0. The van der Waals surface area contributed by atoms with Crippen molar-refractivity contribution in [1.82, 2.24) is 14.7 Å². The second-order valence-electron chi connectivity index (χ2n) is 21.1. The number of rotatable bonds is 52. The van der Waals surface area contributed by atoms with Crippen LogP contribution in [0.1, 0.15) is 239 Å². The average Bonchev–Trinajstić information content (AvgIpc) is 3.54. The summed E-state index contributed by atoms with van der Waals surface area (Å²) in [4.78, 5) is 89.8. The molecule has 1 aliphatic rings. The van der Waals surface area contributed by atoms with Crippen LogP contribution in [0.3, 0.4) is 0 Å². The quantitative estimate of drug-likeness (QED) is 0.0251. The highest BCUT2D eigenvalue weighted by atomic mass is 31.2. The smallest absolute Gasteiger partial charge is 0.472 e. The Kier molecular flexibility index (Phi) is 42.0. The molecule has 0 aromatic rings. The van der Waals surface area contributed by atoms with Gasteiger partial charge in [-0.15, -0.1) is 0 Å². The zero-order valence-electron chi connectivity index (χ0n) is 47.0. The summed E-state index contributed by atoms with van der Waals surface area (Å²) in [7, 11) is -4.67. The Morgan fingerprint density at radius 1 is 0.520 bits per heavy atom. The normalized spacial score (nSPS) is 16.6. The van der Waals surface area contributed by atoms with Crippen LogP contribution in [-0.4, -0.2) is 154 Å². The van der Waals surface area contributed by atoms with Crippen LogP contribution >= 0.6 is 7.82 Å². The number of likely N-dealkylation sites (N-methyl/N-ethyl adjacent to an activating group) is 1. The van der Waals surface area contributed by atoms with Gasteiger partial charge in [-0.25, -0.2) is 4.57 Å². The first-order valence-corrected chi connectivity index (χ1v) is 30.9. The van der Waals surface area contributed by atoms with Crippen molar-refractivity contribution < 1.29 is 72.1 Å². The Labute approximate surface area is 451 Å². The van der Waals surface area contributed by atoms with Crippen molar-refractivity contribution in [1.29, 1.82) is 0 Å². The molecule has 0 aliphatic carbocycles. The third-order valence-electron chi connectivity index (χ3n) is 14.2. The molecule has 3 atom stereocenters. The monoisotopic (exact) mass is 1090 g/mol. The molecule has 1 rings (SSSR count). The van der Waals surface area contributed by atoms with Gasteiger partial charge in [0.2, 0.25) is 0 Å². The van der Waals surface area contributed by atoms with Crippen molar-refractivity contribution in [2.45, 2.75) is 251 Å². The number of carboxylic acids is 3. The number of esters is 2. The maximum atomic E-state index is 12.9. The van der Waals surface area contributed by atoms with E-state index in [9.17, 15) is 53.5 Å². The predicted molar refractivity (Wildman–Crippen MR) is 292 cm³/mol. The van der Waals surface area contributed by atoms with Crippen molar-refractivity contribution in [3.05, 3.63) is 0 Å². The Bertz CT molecular complexity index is 1570. The summed E-state index contributed by atoms with van der Waals surface area (Å²) < 4.78 is 34.4. The number of nitrogens with zero attached hydrogens (tertiary/aromatic N) is 3. The number of aliphatic carboxylic acids is 3. The second-order valence-corrected chi connectivity index (χ2v) is 22.5. The third kappa shape index (κ3) is 39.1. The van der Waals surface area contributed by atoms with E-state index in [0.717, 1.165) is 38.5 Å². The molecule has 18 nitrogen and oxygen atoms in total. The standard InChI is InChI=1S/C56H104N3O15P/c1-4-7-9-11-13-15-17-19-21-23-25-27-29-36-54(67)71-45-50(74-55(68)37-30-28-26-24-22-20-18-16-14-12-10-8-5-2)46-73-75(69,70)72-41-33-35-49(60)34-31-32-38-56(59(43-52(63)64)44-53(65)66)47-57(6-3)39-40-58(48-56)42-51(61)62/h50H,4-48H2,1-3H3,(H,61,62)(H,63,64)(H,65,66)(H,69,70). The lowest BCUT2D eigenvalue weighted by atomic mass is 9.88. The van der Waals surface area contributed by atoms with Gasteiger partial charge < -0.3 is 34.6 Å². The Hall–Kier alpha value is -2.99. The van der Waals surface area contributed by atoms with E-state index in [0.29, 0.717) is 58.3 Å². The van der Waals surface area contributed by atoms with Gasteiger partial charge >= 0.3 is 37.7 Å². The van der Waals surface area contributed by atoms with Crippen LogP contribution in [0.25, 0.3) is 0 Å². The fraction of sp³-hybridized carbons (Fsp3) is 0.893. The number of carbonyl (C=O) groups excluding carboxylic acids is 3. The molecule has 0 bridgehead atoms. The largest absolute Gasteiger partial charge is 0.480 e. The molecule has 0 saturated carbocycles. The van der Waals surface area contributed by atoms with E-state index >= 15 is 0 Å². The number of Topliss-reactive ketones (excluding diaryl/α,β-unsaturated/α-hetero) is 1. The molecule has 438 valence electrons. The maximum Gasteiger partial charge on any atom is 0.472 e. The number of ketones is 1. The lowest BCUT2D eigenvalue weighted by Crippen LogP contribution is -2.61. The Morgan fingerprint density at radius 2 is 0.947 bits per heavy atom. The lowest BCUT2D eigenvalue weighted by Gasteiger charge is -2.45. The molecule has 3 unspecified atom stereocenters. The fourth-order valence-electron chi connectivity index (χ4n) is 9.91. The number of phosphoric ester groups is 1. The molecular formula is C56H104N3O15P. The van der Waals surface area contributed by atoms with E-state index in [1.54, 1.807) is 4.90 Å². The molecule has 0 aromatic heterocycles. The molecule has 4 N–H and O–H groups in total. The van der Waals surface area contributed by atoms with Gasteiger partial charge in [0.05, 0.1) is 32.8 Å². The van der Waals surface area contributed by atoms with Gasteiger partial charge in [0, 0.05) is 57.4 Å².